The maximum atomic E-state index is 12.6. The zero-order valence-electron chi connectivity index (χ0n) is 15.7. The maximum Gasteiger partial charge on any atom is 0.276 e. The molecule has 0 unspecified atom stereocenters. The summed E-state index contributed by atoms with van der Waals surface area (Å²) in [5.74, 6) is 0.312. The number of methoxy groups -OCH3 is 1. The number of hydrogen-bond acceptors (Lipinski definition) is 4. The molecule has 3 aromatic rings. The Kier molecular flexibility index (Phi) is 5.07. The van der Waals surface area contributed by atoms with Crippen LogP contribution in [0.5, 0.6) is 5.75 Å². The van der Waals surface area contributed by atoms with Crippen LogP contribution in [0, 0.1) is 6.92 Å². The molecule has 3 rings (SSSR count). The van der Waals surface area contributed by atoms with Gasteiger partial charge in [-0.1, -0.05) is 23.8 Å². The van der Waals surface area contributed by atoms with E-state index in [4.69, 9.17) is 4.74 Å². The van der Waals surface area contributed by atoms with Gasteiger partial charge in [0, 0.05) is 23.9 Å². The molecule has 138 valence electrons. The zero-order chi connectivity index (χ0) is 19.6. The quantitative estimate of drug-likeness (QED) is 0.699. The number of nitrogens with one attached hydrogen (secondary N) is 1. The van der Waals surface area contributed by atoms with Crippen molar-refractivity contribution in [3.8, 4) is 17.0 Å². The second kappa shape index (κ2) is 7.45. The van der Waals surface area contributed by atoms with Crippen LogP contribution in [-0.2, 0) is 7.05 Å². The van der Waals surface area contributed by atoms with E-state index in [-0.39, 0.29) is 17.4 Å². The molecule has 6 nitrogen and oxygen atoms in total. The molecule has 0 aliphatic rings. The van der Waals surface area contributed by atoms with E-state index >= 15 is 0 Å². The van der Waals surface area contributed by atoms with Gasteiger partial charge < -0.3 is 10.1 Å². The Morgan fingerprint density at radius 1 is 1.11 bits per heavy atom. The van der Waals surface area contributed by atoms with Crippen LogP contribution in [0.15, 0.2) is 48.5 Å². The van der Waals surface area contributed by atoms with Crippen LogP contribution in [-0.4, -0.2) is 28.6 Å². The summed E-state index contributed by atoms with van der Waals surface area (Å²) in [6, 6.07) is 14.4. The van der Waals surface area contributed by atoms with Crippen molar-refractivity contribution < 1.29 is 14.3 Å². The summed E-state index contributed by atoms with van der Waals surface area (Å²) in [6.07, 6.45) is 0. The highest BCUT2D eigenvalue weighted by molar-refractivity contribution is 6.04. The molecular formula is C21H21N3O3. The van der Waals surface area contributed by atoms with Gasteiger partial charge in [-0.05, 0) is 44.2 Å². The third-order valence-electron chi connectivity index (χ3n) is 4.27. The van der Waals surface area contributed by atoms with E-state index in [1.54, 1.807) is 49.2 Å². The van der Waals surface area contributed by atoms with Gasteiger partial charge in [0.2, 0.25) is 0 Å². The fourth-order valence-corrected chi connectivity index (χ4v) is 2.86. The minimum atomic E-state index is -0.343. The molecule has 1 heterocycles. The lowest BCUT2D eigenvalue weighted by molar-refractivity contribution is 0.100. The highest BCUT2D eigenvalue weighted by atomic mass is 16.5. The van der Waals surface area contributed by atoms with Gasteiger partial charge >= 0.3 is 0 Å². The van der Waals surface area contributed by atoms with Gasteiger partial charge in [-0.25, -0.2) is 0 Å². The lowest BCUT2D eigenvalue weighted by Gasteiger charge is -2.09. The number of Topliss-reactive ketones (excluding diaryl/α,β-unsaturated/α-hetero) is 1. The van der Waals surface area contributed by atoms with Gasteiger partial charge in [-0.3, -0.25) is 14.3 Å². The van der Waals surface area contributed by atoms with Crippen LogP contribution in [0.1, 0.15) is 33.3 Å². The molecule has 0 fully saturated rings. The van der Waals surface area contributed by atoms with Gasteiger partial charge in [0.1, 0.15) is 5.75 Å². The van der Waals surface area contributed by atoms with Crippen molar-refractivity contribution in [3.05, 3.63) is 65.4 Å². The van der Waals surface area contributed by atoms with Crippen LogP contribution in [0.25, 0.3) is 11.3 Å². The normalized spacial score (nSPS) is 10.5. The van der Waals surface area contributed by atoms with E-state index in [1.807, 2.05) is 25.1 Å². The number of amides is 1. The molecule has 6 heteroatoms. The number of aromatic nitrogens is 2. The van der Waals surface area contributed by atoms with Crippen LogP contribution in [0.3, 0.4) is 0 Å². The van der Waals surface area contributed by atoms with Gasteiger partial charge in [-0.15, -0.1) is 0 Å². The molecule has 0 bridgehead atoms. The maximum absolute atomic E-state index is 12.6. The van der Waals surface area contributed by atoms with Crippen molar-refractivity contribution in [2.75, 3.05) is 12.4 Å². The fourth-order valence-electron chi connectivity index (χ4n) is 2.86. The molecule has 0 saturated heterocycles. The Morgan fingerprint density at radius 3 is 2.59 bits per heavy atom. The van der Waals surface area contributed by atoms with Crippen molar-refractivity contribution in [1.82, 2.24) is 9.78 Å². The number of carbonyl (C=O) groups is 2. The number of anilines is 1. The monoisotopic (exact) mass is 363 g/mol. The van der Waals surface area contributed by atoms with Gasteiger partial charge in [0.05, 0.1) is 12.8 Å². The number of hydrogen-bond donors (Lipinski definition) is 1. The molecule has 1 N–H and O–H groups in total. The SMILES string of the molecule is COc1ccc(C)cc1-c1cc(C(=O)Nc2cccc(C(C)=O)c2)nn1C. The minimum absolute atomic E-state index is 0.0576. The van der Waals surface area contributed by atoms with Crippen molar-refractivity contribution >= 4 is 17.4 Å². The summed E-state index contributed by atoms with van der Waals surface area (Å²) in [5, 5.41) is 7.12. The first-order valence-corrected chi connectivity index (χ1v) is 8.50. The third-order valence-corrected chi connectivity index (χ3v) is 4.27. The summed E-state index contributed by atoms with van der Waals surface area (Å²) in [5.41, 5.74) is 4.10. The second-order valence-electron chi connectivity index (χ2n) is 6.33. The number of carbonyl (C=O) groups excluding carboxylic acids is 2. The smallest absolute Gasteiger partial charge is 0.276 e. The van der Waals surface area contributed by atoms with Crippen LogP contribution in [0.4, 0.5) is 5.69 Å². The van der Waals surface area contributed by atoms with Crippen molar-refractivity contribution in [2.24, 2.45) is 7.05 Å². The summed E-state index contributed by atoms with van der Waals surface area (Å²) in [4.78, 5) is 24.1. The molecule has 0 aliphatic heterocycles. The summed E-state index contributed by atoms with van der Waals surface area (Å²) >= 11 is 0. The standard InChI is InChI=1S/C21H21N3O3/c1-13-8-9-20(27-4)17(10-13)19-12-18(23-24(19)3)21(26)22-16-7-5-6-15(11-16)14(2)25/h5-12H,1-4H3,(H,22,26). The van der Waals surface area contributed by atoms with Crippen molar-refractivity contribution in [2.45, 2.75) is 13.8 Å². The second-order valence-corrected chi connectivity index (χ2v) is 6.33. The average molecular weight is 363 g/mol. The first-order chi connectivity index (χ1) is 12.9. The van der Waals surface area contributed by atoms with Gasteiger partial charge in [0.25, 0.3) is 5.91 Å². The lowest BCUT2D eigenvalue weighted by atomic mass is 10.1. The van der Waals surface area contributed by atoms with Gasteiger partial charge in [-0.2, -0.15) is 5.10 Å². The van der Waals surface area contributed by atoms with E-state index in [0.29, 0.717) is 17.0 Å². The Bertz CT molecular complexity index is 1020. The van der Waals surface area contributed by atoms with E-state index < -0.39 is 0 Å². The molecule has 0 aliphatic carbocycles. The average Bonchev–Trinajstić information content (AvgIpc) is 3.03. The molecule has 0 atom stereocenters. The van der Waals surface area contributed by atoms with E-state index in [9.17, 15) is 9.59 Å². The molecule has 0 radical (unpaired) electrons. The van der Waals surface area contributed by atoms with E-state index in [2.05, 4.69) is 10.4 Å². The molecule has 1 amide bonds. The fraction of sp³-hybridized carbons (Fsp3) is 0.190. The first kappa shape index (κ1) is 18.4. The molecular weight excluding hydrogens is 342 g/mol. The molecule has 0 saturated carbocycles. The Labute approximate surface area is 157 Å². The predicted molar refractivity (Wildman–Crippen MR) is 104 cm³/mol. The summed E-state index contributed by atoms with van der Waals surface area (Å²) in [6.45, 7) is 3.48. The number of nitrogens with zero attached hydrogens (tertiary/aromatic N) is 2. The van der Waals surface area contributed by atoms with E-state index in [0.717, 1.165) is 16.8 Å². The van der Waals surface area contributed by atoms with E-state index in [1.165, 1.54) is 6.92 Å². The Hall–Kier alpha value is -3.41. The zero-order valence-corrected chi connectivity index (χ0v) is 15.7. The third kappa shape index (κ3) is 3.89. The molecule has 2 aromatic carbocycles. The van der Waals surface area contributed by atoms with Crippen LogP contribution in [0.2, 0.25) is 0 Å². The largest absolute Gasteiger partial charge is 0.496 e. The molecule has 1 aromatic heterocycles. The minimum Gasteiger partial charge on any atom is -0.496 e. The number of aryl methyl sites for hydroxylation is 2. The summed E-state index contributed by atoms with van der Waals surface area (Å²) in [7, 11) is 3.39. The van der Waals surface area contributed by atoms with Crippen LogP contribution < -0.4 is 10.1 Å². The lowest BCUT2D eigenvalue weighted by Crippen LogP contribution is -2.13. The Balaban J connectivity index is 1.90. The number of ketones is 1. The highest BCUT2D eigenvalue weighted by Gasteiger charge is 2.17. The molecule has 27 heavy (non-hydrogen) atoms. The predicted octanol–water partition coefficient (Wildman–Crippen LogP) is 3.86. The van der Waals surface area contributed by atoms with Crippen molar-refractivity contribution in [1.29, 1.82) is 0 Å². The number of ether oxygens (including phenoxy) is 1. The Morgan fingerprint density at radius 2 is 1.89 bits per heavy atom. The molecule has 0 spiro atoms. The number of rotatable bonds is 5. The summed E-state index contributed by atoms with van der Waals surface area (Å²) < 4.78 is 7.09. The van der Waals surface area contributed by atoms with Crippen molar-refractivity contribution in [3.63, 3.8) is 0 Å². The highest BCUT2D eigenvalue weighted by Crippen LogP contribution is 2.31. The van der Waals surface area contributed by atoms with Gasteiger partial charge in [0.15, 0.2) is 11.5 Å². The first-order valence-electron chi connectivity index (χ1n) is 8.50. The van der Waals surface area contributed by atoms with Crippen LogP contribution >= 0.6 is 0 Å². The number of benzene rings is 2. The topological polar surface area (TPSA) is 73.2 Å².